The third kappa shape index (κ3) is 9.47. The van der Waals surface area contributed by atoms with Gasteiger partial charge in [0.05, 0.1) is 7.14 Å². The van der Waals surface area contributed by atoms with Crippen LogP contribution in [0, 0.1) is 54.5 Å². The first-order chi connectivity index (χ1) is 24.1. The molecule has 0 heterocycles. The zero-order valence-corrected chi connectivity index (χ0v) is 50.8. The molecule has 0 N–H and O–H groups in total. The first kappa shape index (κ1) is 44.5. The van der Waals surface area contributed by atoms with Crippen molar-refractivity contribution in [1.82, 2.24) is 0 Å². The minimum absolute atomic E-state index is 0.182. The van der Waals surface area contributed by atoms with Gasteiger partial charge in [0.15, 0.2) is 0 Å². The van der Waals surface area contributed by atoms with E-state index in [4.69, 9.17) is 0 Å². The van der Waals surface area contributed by atoms with E-state index in [9.17, 15) is 8.78 Å². The van der Waals surface area contributed by atoms with E-state index < -0.39 is 0 Å². The van der Waals surface area contributed by atoms with Crippen LogP contribution in [0.3, 0.4) is 0 Å². The van der Waals surface area contributed by atoms with E-state index in [0.717, 1.165) is 35.8 Å². The quantitative estimate of drug-likeness (QED) is 0.115. The van der Waals surface area contributed by atoms with Crippen molar-refractivity contribution in [2.24, 2.45) is 0 Å². The maximum atomic E-state index is 14.2. The Kier molecular flexibility index (Phi) is 16.7. The molecule has 51 heavy (non-hydrogen) atoms. The minimum atomic E-state index is -0.182. The van der Waals surface area contributed by atoms with Gasteiger partial charge in [0, 0.05) is 46.8 Å². The first-order valence-corrected chi connectivity index (χ1v) is 27.2. The smallest absolute Gasteiger partial charge is 0.137 e. The molecular formula is C37H14F2I12. The number of halogens is 14. The SMILES string of the molecule is Fc1ccc(-c2ccc(-c3c(I)cc(Cc4cc(I)c(-c5ccc(-c6ccc(F)c(I)c6I)c(I)c5I)c(I)c4)cc3I)c(I)c2I)c(I)c1I. The molecule has 0 saturated carbocycles. The lowest BCUT2D eigenvalue weighted by Gasteiger charge is -2.18. The molecule has 6 aromatic rings. The lowest BCUT2D eigenvalue weighted by atomic mass is 9.96. The fourth-order valence-corrected chi connectivity index (χ4v) is 15.9. The Hall–Kier alpha value is 3.94. The predicted molar refractivity (Wildman–Crippen MR) is 310 cm³/mol. The molecule has 0 unspecified atom stereocenters. The van der Waals surface area contributed by atoms with E-state index in [2.05, 4.69) is 320 Å². The topological polar surface area (TPSA) is 0 Å². The lowest BCUT2D eigenvalue weighted by Crippen LogP contribution is -2.01. The molecule has 0 fully saturated rings. The highest BCUT2D eigenvalue weighted by Gasteiger charge is 2.22. The summed E-state index contributed by atoms with van der Waals surface area (Å²) >= 11 is 28.5. The molecule has 260 valence electrons. The zero-order chi connectivity index (χ0) is 37.0. The summed E-state index contributed by atoms with van der Waals surface area (Å²) in [5.74, 6) is -0.365. The lowest BCUT2D eigenvalue weighted by molar-refractivity contribution is 0.619. The van der Waals surface area contributed by atoms with Gasteiger partial charge in [-0.15, -0.1) is 0 Å². The molecule has 0 spiro atoms. The molecule has 0 amide bonds. The standard InChI is InChI=1S/C37H14F2I12/c38-22-7-5-18(32(46)36(22)50)16-1-3-20(34(48)30(16)44)28-24(40)10-14(11-25(28)41)9-15-12-26(42)29(27(43)13-15)21-4-2-17(31(45)35(21)49)19-6-8-23(39)37(51)33(19)47/h1-8,10-13H,9H2. The van der Waals surface area contributed by atoms with Crippen molar-refractivity contribution in [3.63, 3.8) is 0 Å². The molecule has 0 aliphatic rings. The highest BCUT2D eigenvalue weighted by atomic mass is 127. The van der Waals surface area contributed by atoms with E-state index >= 15 is 0 Å². The summed E-state index contributed by atoms with van der Waals surface area (Å²) in [6.07, 6.45) is 0.836. The van der Waals surface area contributed by atoms with Crippen molar-refractivity contribution in [1.29, 1.82) is 0 Å². The molecule has 0 aliphatic heterocycles. The van der Waals surface area contributed by atoms with Gasteiger partial charge in [-0.1, -0.05) is 36.4 Å². The zero-order valence-electron chi connectivity index (χ0n) is 24.9. The van der Waals surface area contributed by atoms with Gasteiger partial charge in [0.1, 0.15) is 11.6 Å². The summed E-state index contributed by atoms with van der Waals surface area (Å²) in [6.45, 7) is 0. The second-order valence-corrected chi connectivity index (χ2v) is 24.3. The van der Waals surface area contributed by atoms with Gasteiger partial charge in [0.25, 0.3) is 0 Å². The first-order valence-electron chi connectivity index (χ1n) is 14.3. The molecule has 0 radical (unpaired) electrons. The third-order valence-corrected chi connectivity index (χ3v) is 24.3. The molecule has 0 nitrogen and oxygen atoms in total. The average molecular weight is 2020 g/mol. The summed E-state index contributed by atoms with van der Waals surface area (Å²) in [4.78, 5) is 0. The second-order valence-electron chi connectivity index (χ2n) is 11.1. The molecular weight excluding hydrogens is 2010 g/mol. The van der Waals surface area contributed by atoms with Crippen LogP contribution in [0.25, 0.3) is 44.5 Å². The van der Waals surface area contributed by atoms with Gasteiger partial charge in [-0.05, 0) is 358 Å². The van der Waals surface area contributed by atoms with Gasteiger partial charge in [-0.25, -0.2) is 8.78 Å². The van der Waals surface area contributed by atoms with Crippen LogP contribution in [0.4, 0.5) is 8.78 Å². The van der Waals surface area contributed by atoms with Crippen LogP contribution in [-0.2, 0) is 6.42 Å². The van der Waals surface area contributed by atoms with Gasteiger partial charge < -0.3 is 0 Å². The molecule has 14 heteroatoms. The third-order valence-electron chi connectivity index (χ3n) is 7.97. The predicted octanol–water partition coefficient (Wildman–Crippen LogP) is 17.5. The molecule has 6 aromatic carbocycles. The fraction of sp³-hybridized carbons (Fsp3) is 0.0270. The average Bonchev–Trinajstić information content (AvgIpc) is 3.07. The number of hydrogen-bond donors (Lipinski definition) is 0. The Morgan fingerprint density at radius 1 is 0.314 bits per heavy atom. The molecule has 0 atom stereocenters. The minimum Gasteiger partial charge on any atom is -0.206 e. The Morgan fingerprint density at radius 2 is 0.549 bits per heavy atom. The van der Waals surface area contributed by atoms with E-state index in [1.165, 1.54) is 61.9 Å². The van der Waals surface area contributed by atoms with Gasteiger partial charge in [0.2, 0.25) is 0 Å². The summed E-state index contributed by atoms with van der Waals surface area (Å²) in [6, 6.07) is 24.9. The highest BCUT2D eigenvalue weighted by Crippen LogP contribution is 2.43. The fourth-order valence-electron chi connectivity index (χ4n) is 5.57. The second kappa shape index (κ2) is 19.1. The van der Waals surface area contributed by atoms with Gasteiger partial charge in [-0.2, -0.15) is 0 Å². The van der Waals surface area contributed by atoms with E-state index in [1.54, 1.807) is 12.1 Å². The normalized spacial score (nSPS) is 11.4. The largest absolute Gasteiger partial charge is 0.206 e. The monoisotopic (exact) mass is 2020 g/mol. The molecule has 6 rings (SSSR count). The van der Waals surface area contributed by atoms with Crippen LogP contribution < -0.4 is 0 Å². The molecule has 0 bridgehead atoms. The van der Waals surface area contributed by atoms with Crippen LogP contribution in [0.5, 0.6) is 0 Å². The summed E-state index contributed by atoms with van der Waals surface area (Å²) < 4.78 is 41.2. The van der Waals surface area contributed by atoms with Crippen molar-refractivity contribution in [3.05, 3.63) is 138 Å². The van der Waals surface area contributed by atoms with Crippen molar-refractivity contribution < 1.29 is 8.78 Å². The van der Waals surface area contributed by atoms with Crippen molar-refractivity contribution in [3.8, 4) is 44.5 Å². The van der Waals surface area contributed by atoms with Gasteiger partial charge >= 0.3 is 0 Å². The maximum absolute atomic E-state index is 14.2. The highest BCUT2D eigenvalue weighted by molar-refractivity contribution is 14.1. The van der Waals surface area contributed by atoms with Crippen LogP contribution in [0.2, 0.25) is 0 Å². The summed E-state index contributed by atoms with van der Waals surface area (Å²) in [7, 11) is 0. The van der Waals surface area contributed by atoms with Crippen LogP contribution in [0.1, 0.15) is 11.1 Å². The Morgan fingerprint density at radius 3 is 0.863 bits per heavy atom. The maximum Gasteiger partial charge on any atom is 0.137 e. The summed E-state index contributed by atoms with van der Waals surface area (Å²) in [5.41, 5.74) is 11.8. The Labute approximate surface area is 459 Å². The van der Waals surface area contributed by atoms with E-state index in [1.807, 2.05) is 12.1 Å². The van der Waals surface area contributed by atoms with Crippen molar-refractivity contribution in [2.75, 3.05) is 0 Å². The van der Waals surface area contributed by atoms with Gasteiger partial charge in [-0.3, -0.25) is 0 Å². The van der Waals surface area contributed by atoms with E-state index in [-0.39, 0.29) is 11.6 Å². The molecule has 0 aliphatic carbocycles. The van der Waals surface area contributed by atoms with Crippen LogP contribution >= 0.6 is 271 Å². The Balaban J connectivity index is 1.30. The number of rotatable bonds is 6. The molecule has 0 saturated heterocycles. The summed E-state index contributed by atoms with van der Waals surface area (Å²) in [5, 5.41) is 0. The Bertz CT molecular complexity index is 2200. The van der Waals surface area contributed by atoms with Crippen molar-refractivity contribution >= 4 is 271 Å². The number of hydrogen-bond acceptors (Lipinski definition) is 0. The number of benzene rings is 6. The van der Waals surface area contributed by atoms with Crippen LogP contribution in [-0.4, -0.2) is 0 Å². The van der Waals surface area contributed by atoms with E-state index in [0.29, 0.717) is 7.14 Å². The van der Waals surface area contributed by atoms with Crippen molar-refractivity contribution in [2.45, 2.75) is 6.42 Å². The van der Waals surface area contributed by atoms with Crippen LogP contribution in [0.15, 0.2) is 72.8 Å². The molecule has 0 aromatic heterocycles.